The minimum Gasteiger partial charge on any atom is -0.247 e. The second-order valence-corrected chi connectivity index (χ2v) is 2.58. The Bertz CT molecular complexity index is 449. The van der Waals surface area contributed by atoms with E-state index in [2.05, 4.69) is 10.3 Å². The lowest BCUT2D eigenvalue weighted by molar-refractivity contribution is -0.895. The minimum absolute atomic E-state index is 0.401. The van der Waals surface area contributed by atoms with E-state index in [1.165, 1.54) is 6.92 Å². The van der Waals surface area contributed by atoms with Crippen LogP contribution >= 0.6 is 0 Å². The van der Waals surface area contributed by atoms with E-state index in [-0.39, 0.29) is 0 Å². The maximum atomic E-state index is 10.7. The first-order valence-corrected chi connectivity index (χ1v) is 3.82. The SMILES string of the molecule is CC(=O)O[n+]1n[nH]c2ccccc21. The maximum Gasteiger partial charge on any atom is 0.357 e. The van der Waals surface area contributed by atoms with Crippen LogP contribution in [0.4, 0.5) is 0 Å². The normalized spacial score (nSPS) is 10.2. The quantitative estimate of drug-likeness (QED) is 0.487. The molecule has 1 heterocycles. The smallest absolute Gasteiger partial charge is 0.247 e. The van der Waals surface area contributed by atoms with Gasteiger partial charge in [0.25, 0.3) is 0 Å². The lowest BCUT2D eigenvalue weighted by atomic mass is 10.3. The number of carbonyl (C=O) groups excluding carboxylic acids is 1. The van der Waals surface area contributed by atoms with E-state index >= 15 is 0 Å². The molecule has 1 aromatic heterocycles. The first-order valence-electron chi connectivity index (χ1n) is 3.82. The van der Waals surface area contributed by atoms with E-state index in [0.29, 0.717) is 0 Å². The summed E-state index contributed by atoms with van der Waals surface area (Å²) in [5, 5.41) is 6.51. The number of hydrogen-bond donors (Lipinski definition) is 1. The van der Waals surface area contributed by atoms with Crippen molar-refractivity contribution in [1.29, 1.82) is 0 Å². The van der Waals surface area contributed by atoms with Crippen molar-refractivity contribution >= 4 is 17.0 Å². The van der Waals surface area contributed by atoms with E-state index in [0.717, 1.165) is 15.9 Å². The van der Waals surface area contributed by atoms with Crippen LogP contribution in [0.5, 0.6) is 0 Å². The Hall–Kier alpha value is -1.91. The molecular weight excluding hydrogens is 170 g/mol. The van der Waals surface area contributed by atoms with Gasteiger partial charge in [-0.15, -0.1) is 5.10 Å². The molecule has 0 saturated heterocycles. The first-order chi connectivity index (χ1) is 6.27. The van der Waals surface area contributed by atoms with Gasteiger partial charge in [-0.25, -0.2) is 9.63 Å². The van der Waals surface area contributed by atoms with Crippen LogP contribution in [-0.2, 0) is 4.79 Å². The minimum atomic E-state index is -0.401. The van der Waals surface area contributed by atoms with Gasteiger partial charge in [0, 0.05) is 6.92 Å². The highest BCUT2D eigenvalue weighted by atomic mass is 16.7. The number of aromatic nitrogens is 3. The van der Waals surface area contributed by atoms with Crippen molar-refractivity contribution in [3.8, 4) is 0 Å². The Morgan fingerprint density at radius 1 is 1.54 bits per heavy atom. The summed E-state index contributed by atoms with van der Waals surface area (Å²) in [5.41, 5.74) is 1.56. The van der Waals surface area contributed by atoms with Gasteiger partial charge in [0.1, 0.15) is 5.21 Å². The molecule has 0 unspecified atom stereocenters. The molecule has 13 heavy (non-hydrogen) atoms. The molecule has 5 nitrogen and oxygen atoms in total. The molecule has 0 radical (unpaired) electrons. The first kappa shape index (κ1) is 7.72. The van der Waals surface area contributed by atoms with Crippen LogP contribution < -0.4 is 9.68 Å². The van der Waals surface area contributed by atoms with Crippen molar-refractivity contribution in [3.05, 3.63) is 24.3 Å². The summed E-state index contributed by atoms with van der Waals surface area (Å²) in [5.74, 6) is -0.401. The zero-order valence-electron chi connectivity index (χ0n) is 7.02. The van der Waals surface area contributed by atoms with Gasteiger partial charge in [-0.1, -0.05) is 12.1 Å². The van der Waals surface area contributed by atoms with E-state index in [4.69, 9.17) is 4.84 Å². The van der Waals surface area contributed by atoms with Crippen LogP contribution in [-0.4, -0.2) is 16.3 Å². The number of H-pyrrole nitrogens is 1. The number of aromatic amines is 1. The van der Waals surface area contributed by atoms with Crippen LogP contribution in [0, 0.1) is 0 Å². The molecule has 0 bridgehead atoms. The predicted octanol–water partition coefficient (Wildman–Crippen LogP) is -0.175. The molecule has 0 atom stereocenters. The molecule has 2 rings (SSSR count). The summed E-state index contributed by atoms with van der Waals surface area (Å²) in [4.78, 5) is 16.6. The van der Waals surface area contributed by atoms with Gasteiger partial charge in [0.2, 0.25) is 5.52 Å². The summed E-state index contributed by atoms with van der Waals surface area (Å²) in [6, 6.07) is 7.38. The number of para-hydroxylation sites is 2. The highest BCUT2D eigenvalue weighted by molar-refractivity contribution is 5.70. The lowest BCUT2D eigenvalue weighted by Gasteiger charge is -1.89. The average molecular weight is 178 g/mol. The molecule has 0 aliphatic rings. The second-order valence-electron chi connectivity index (χ2n) is 2.58. The van der Waals surface area contributed by atoms with E-state index in [1.54, 1.807) is 0 Å². The van der Waals surface area contributed by atoms with Gasteiger partial charge in [-0.3, -0.25) is 0 Å². The van der Waals surface area contributed by atoms with Crippen molar-refractivity contribution in [1.82, 2.24) is 10.3 Å². The lowest BCUT2D eigenvalue weighted by Crippen LogP contribution is -2.47. The van der Waals surface area contributed by atoms with Crippen LogP contribution in [0.2, 0.25) is 0 Å². The van der Waals surface area contributed by atoms with Crippen molar-refractivity contribution in [2.24, 2.45) is 0 Å². The number of fused-ring (bicyclic) bond motifs is 1. The highest BCUT2D eigenvalue weighted by Crippen LogP contribution is 2.02. The fourth-order valence-corrected chi connectivity index (χ4v) is 1.08. The number of carbonyl (C=O) groups is 1. The Labute approximate surface area is 73.9 Å². The molecule has 0 fully saturated rings. The van der Waals surface area contributed by atoms with Gasteiger partial charge in [-0.2, -0.15) is 0 Å². The third-order valence-corrected chi connectivity index (χ3v) is 1.59. The third kappa shape index (κ3) is 1.35. The zero-order valence-corrected chi connectivity index (χ0v) is 7.02. The summed E-state index contributed by atoms with van der Waals surface area (Å²) >= 11 is 0. The van der Waals surface area contributed by atoms with Crippen molar-refractivity contribution in [2.75, 3.05) is 0 Å². The van der Waals surface area contributed by atoms with E-state index in [1.807, 2.05) is 24.3 Å². The van der Waals surface area contributed by atoms with Gasteiger partial charge < -0.3 is 0 Å². The molecule has 5 heteroatoms. The number of nitrogens with one attached hydrogen (secondary N) is 1. The number of hydrogen-bond acceptors (Lipinski definition) is 3. The molecule has 0 aliphatic carbocycles. The molecule has 2 aromatic rings. The van der Waals surface area contributed by atoms with Crippen LogP contribution in [0.25, 0.3) is 11.0 Å². The monoisotopic (exact) mass is 178 g/mol. The molecule has 0 saturated carbocycles. The van der Waals surface area contributed by atoms with E-state index in [9.17, 15) is 4.79 Å². The second kappa shape index (κ2) is 2.85. The number of nitrogens with zero attached hydrogens (tertiary/aromatic N) is 2. The van der Waals surface area contributed by atoms with Crippen LogP contribution in [0.1, 0.15) is 6.92 Å². The zero-order chi connectivity index (χ0) is 9.26. The molecule has 0 spiro atoms. The van der Waals surface area contributed by atoms with Gasteiger partial charge >= 0.3 is 5.97 Å². The van der Waals surface area contributed by atoms with Crippen molar-refractivity contribution < 1.29 is 14.5 Å². The van der Waals surface area contributed by atoms with Crippen LogP contribution in [0.15, 0.2) is 24.3 Å². The Morgan fingerprint density at radius 2 is 2.31 bits per heavy atom. The standard InChI is InChI=1S/C8H7N3O2/c1-6(12)13-11-8-5-3-2-4-7(8)9-10-11/h2-5H,1H3/p+1. The Morgan fingerprint density at radius 3 is 3.08 bits per heavy atom. The largest absolute Gasteiger partial charge is 0.357 e. The fraction of sp³-hybridized carbons (Fsp3) is 0.125. The highest BCUT2D eigenvalue weighted by Gasteiger charge is 2.13. The molecule has 66 valence electrons. The fourth-order valence-electron chi connectivity index (χ4n) is 1.08. The van der Waals surface area contributed by atoms with Gasteiger partial charge in [-0.05, 0) is 12.1 Å². The Balaban J connectivity index is 2.51. The Kier molecular flexibility index (Phi) is 1.70. The predicted molar refractivity (Wildman–Crippen MR) is 43.5 cm³/mol. The summed E-state index contributed by atoms with van der Waals surface area (Å²) in [7, 11) is 0. The summed E-state index contributed by atoms with van der Waals surface area (Å²) in [6.45, 7) is 1.33. The van der Waals surface area contributed by atoms with Gasteiger partial charge in [0.05, 0.1) is 4.85 Å². The summed E-state index contributed by atoms with van der Waals surface area (Å²) in [6.07, 6.45) is 0. The summed E-state index contributed by atoms with van der Waals surface area (Å²) < 4.78 is 0. The third-order valence-electron chi connectivity index (χ3n) is 1.59. The molecule has 1 N–H and O–H groups in total. The van der Waals surface area contributed by atoms with Gasteiger partial charge in [0.15, 0.2) is 5.52 Å². The number of rotatable bonds is 1. The van der Waals surface area contributed by atoms with E-state index < -0.39 is 5.97 Å². The maximum absolute atomic E-state index is 10.7. The van der Waals surface area contributed by atoms with Crippen LogP contribution in [0.3, 0.4) is 0 Å². The van der Waals surface area contributed by atoms with Crippen molar-refractivity contribution in [3.63, 3.8) is 0 Å². The average Bonchev–Trinajstić information content (AvgIpc) is 2.48. The topological polar surface area (TPSA) is 58.9 Å². The molecule has 1 aromatic carbocycles. The molecular formula is C8H8N3O2+. The number of benzene rings is 1. The van der Waals surface area contributed by atoms with Crippen molar-refractivity contribution in [2.45, 2.75) is 6.92 Å². The molecule has 0 amide bonds. The molecule has 0 aliphatic heterocycles.